The Labute approximate surface area is 84.3 Å². The molecule has 0 aliphatic carbocycles. The van der Waals surface area contributed by atoms with Gasteiger partial charge in [0.15, 0.2) is 5.13 Å². The highest BCUT2D eigenvalue weighted by atomic mass is 35.5. The number of halogens is 1. The molecule has 4 N–H and O–H groups in total. The van der Waals surface area contributed by atoms with Gasteiger partial charge in [0.1, 0.15) is 0 Å². The summed E-state index contributed by atoms with van der Waals surface area (Å²) in [6.07, 6.45) is 0. The molecule has 2 rings (SSSR count). The van der Waals surface area contributed by atoms with Crippen molar-refractivity contribution in [1.29, 1.82) is 0 Å². The van der Waals surface area contributed by atoms with Crippen LogP contribution in [0.1, 0.15) is 5.56 Å². The number of aromatic nitrogens is 1. The first kappa shape index (κ1) is 8.74. The van der Waals surface area contributed by atoms with Crippen LogP contribution in [0.3, 0.4) is 0 Å². The van der Waals surface area contributed by atoms with E-state index in [1.165, 1.54) is 11.3 Å². The monoisotopic (exact) mass is 213 g/mol. The van der Waals surface area contributed by atoms with E-state index >= 15 is 0 Å². The lowest BCUT2D eigenvalue weighted by atomic mass is 10.2. The first-order chi connectivity index (χ1) is 6.20. The Morgan fingerprint density at radius 3 is 2.92 bits per heavy atom. The van der Waals surface area contributed by atoms with Crippen LogP contribution in [0.15, 0.2) is 12.1 Å². The second-order valence-corrected chi connectivity index (χ2v) is 4.14. The number of hydrogen-bond acceptors (Lipinski definition) is 4. The number of hydrogen-bond donors (Lipinski definition) is 2. The predicted octanol–water partition coefficient (Wildman–Crippen LogP) is 1.99. The van der Waals surface area contributed by atoms with E-state index < -0.39 is 0 Å². The summed E-state index contributed by atoms with van der Waals surface area (Å²) in [4.78, 5) is 4.14. The van der Waals surface area contributed by atoms with Crippen molar-refractivity contribution in [3.05, 3.63) is 22.7 Å². The van der Waals surface area contributed by atoms with E-state index in [2.05, 4.69) is 4.98 Å². The number of thiazole rings is 1. The summed E-state index contributed by atoms with van der Waals surface area (Å²) >= 11 is 7.40. The molecule has 0 aliphatic heterocycles. The van der Waals surface area contributed by atoms with Crippen molar-refractivity contribution in [3.63, 3.8) is 0 Å². The molecule has 0 fully saturated rings. The lowest BCUT2D eigenvalue weighted by molar-refractivity contribution is 1.07. The molecule has 0 aliphatic rings. The van der Waals surface area contributed by atoms with E-state index in [1.807, 2.05) is 12.1 Å². The quantitative estimate of drug-likeness (QED) is 0.762. The van der Waals surface area contributed by atoms with Gasteiger partial charge in [-0.15, -0.1) is 0 Å². The Morgan fingerprint density at radius 1 is 1.46 bits per heavy atom. The molecule has 1 heterocycles. The van der Waals surface area contributed by atoms with Crippen molar-refractivity contribution in [2.24, 2.45) is 5.73 Å². The first-order valence-corrected chi connectivity index (χ1v) is 4.94. The summed E-state index contributed by atoms with van der Waals surface area (Å²) in [6, 6.07) is 3.73. The van der Waals surface area contributed by atoms with Crippen molar-refractivity contribution >= 4 is 38.3 Å². The minimum Gasteiger partial charge on any atom is -0.375 e. The molecular formula is C8H8ClN3S. The standard InChI is InChI=1S/C8H8ClN3S/c9-5-2-7-6(1-4(5)3-10)12-8(11)13-7/h1-2H,3,10H2,(H2,11,12). The number of nitrogens with two attached hydrogens (primary N) is 2. The fraction of sp³-hybridized carbons (Fsp3) is 0.125. The topological polar surface area (TPSA) is 64.9 Å². The van der Waals surface area contributed by atoms with Crippen molar-refractivity contribution in [2.45, 2.75) is 6.54 Å². The Morgan fingerprint density at radius 2 is 2.23 bits per heavy atom. The van der Waals surface area contributed by atoms with E-state index in [0.29, 0.717) is 16.7 Å². The zero-order chi connectivity index (χ0) is 9.42. The van der Waals surface area contributed by atoms with Gasteiger partial charge in [0.25, 0.3) is 0 Å². The van der Waals surface area contributed by atoms with Crippen LogP contribution in [0.2, 0.25) is 5.02 Å². The number of anilines is 1. The third kappa shape index (κ3) is 1.48. The number of benzene rings is 1. The van der Waals surface area contributed by atoms with Gasteiger partial charge in [0.2, 0.25) is 0 Å². The molecule has 1 aromatic carbocycles. The highest BCUT2D eigenvalue weighted by molar-refractivity contribution is 7.22. The second-order valence-electron chi connectivity index (χ2n) is 2.67. The van der Waals surface area contributed by atoms with Crippen LogP contribution in [-0.2, 0) is 6.54 Å². The molecule has 0 bridgehead atoms. The maximum Gasteiger partial charge on any atom is 0.181 e. The lowest BCUT2D eigenvalue weighted by Crippen LogP contribution is -1.96. The summed E-state index contributed by atoms with van der Waals surface area (Å²) < 4.78 is 1.000. The molecule has 1 aromatic heterocycles. The third-order valence-corrected chi connectivity index (χ3v) is 2.99. The average Bonchev–Trinajstić information content (AvgIpc) is 2.42. The van der Waals surface area contributed by atoms with Gasteiger partial charge in [0.05, 0.1) is 10.2 Å². The van der Waals surface area contributed by atoms with Gasteiger partial charge in [-0.05, 0) is 17.7 Å². The van der Waals surface area contributed by atoms with Crippen LogP contribution in [0.5, 0.6) is 0 Å². The van der Waals surface area contributed by atoms with Crippen LogP contribution in [0, 0.1) is 0 Å². The van der Waals surface area contributed by atoms with Gasteiger partial charge in [-0.3, -0.25) is 0 Å². The molecule has 0 saturated carbocycles. The molecule has 0 spiro atoms. The number of nitrogen functional groups attached to an aromatic ring is 1. The van der Waals surface area contributed by atoms with Gasteiger partial charge in [-0.2, -0.15) is 0 Å². The molecule has 0 amide bonds. The number of rotatable bonds is 1. The van der Waals surface area contributed by atoms with Crippen LogP contribution in [0.25, 0.3) is 10.2 Å². The molecule has 0 unspecified atom stereocenters. The second kappa shape index (κ2) is 3.14. The summed E-state index contributed by atoms with van der Waals surface area (Å²) in [5.41, 5.74) is 12.8. The van der Waals surface area contributed by atoms with Crippen molar-refractivity contribution in [3.8, 4) is 0 Å². The Kier molecular flexibility index (Phi) is 2.11. The van der Waals surface area contributed by atoms with E-state index in [9.17, 15) is 0 Å². The average molecular weight is 214 g/mol. The molecular weight excluding hydrogens is 206 g/mol. The Bertz CT molecular complexity index is 452. The smallest absolute Gasteiger partial charge is 0.181 e. The zero-order valence-electron chi connectivity index (χ0n) is 6.75. The molecule has 0 atom stereocenters. The van der Waals surface area contributed by atoms with E-state index in [-0.39, 0.29) is 0 Å². The van der Waals surface area contributed by atoms with Gasteiger partial charge in [-0.1, -0.05) is 22.9 Å². The number of nitrogens with zero attached hydrogens (tertiary/aromatic N) is 1. The van der Waals surface area contributed by atoms with Crippen LogP contribution < -0.4 is 11.5 Å². The minimum atomic E-state index is 0.423. The molecule has 0 saturated heterocycles. The van der Waals surface area contributed by atoms with Gasteiger partial charge < -0.3 is 11.5 Å². The van der Waals surface area contributed by atoms with Gasteiger partial charge in [0, 0.05) is 11.6 Å². The first-order valence-electron chi connectivity index (χ1n) is 3.75. The summed E-state index contributed by atoms with van der Waals surface area (Å²) in [5, 5.41) is 1.24. The highest BCUT2D eigenvalue weighted by Gasteiger charge is 2.05. The van der Waals surface area contributed by atoms with E-state index in [1.54, 1.807) is 0 Å². The van der Waals surface area contributed by atoms with Crippen molar-refractivity contribution in [2.75, 3.05) is 5.73 Å². The van der Waals surface area contributed by atoms with Crippen molar-refractivity contribution < 1.29 is 0 Å². The van der Waals surface area contributed by atoms with Crippen molar-refractivity contribution in [1.82, 2.24) is 4.98 Å². The largest absolute Gasteiger partial charge is 0.375 e. The zero-order valence-corrected chi connectivity index (χ0v) is 8.32. The van der Waals surface area contributed by atoms with E-state index in [4.69, 9.17) is 23.1 Å². The predicted molar refractivity (Wildman–Crippen MR) is 56.9 cm³/mol. The fourth-order valence-electron chi connectivity index (χ4n) is 1.17. The van der Waals surface area contributed by atoms with E-state index in [0.717, 1.165) is 15.8 Å². The molecule has 0 radical (unpaired) electrons. The number of fused-ring (bicyclic) bond motifs is 1. The normalized spacial score (nSPS) is 10.9. The maximum absolute atomic E-state index is 5.97. The molecule has 2 aromatic rings. The lowest BCUT2D eigenvalue weighted by Gasteiger charge is -1.98. The summed E-state index contributed by atoms with van der Waals surface area (Å²) in [6.45, 7) is 0.423. The SMILES string of the molecule is NCc1cc2nc(N)sc2cc1Cl. The summed E-state index contributed by atoms with van der Waals surface area (Å²) in [5.74, 6) is 0. The molecule has 13 heavy (non-hydrogen) atoms. The Balaban J connectivity index is 2.72. The maximum atomic E-state index is 5.97. The van der Waals surface area contributed by atoms with Crippen LogP contribution in [-0.4, -0.2) is 4.98 Å². The highest BCUT2D eigenvalue weighted by Crippen LogP contribution is 2.29. The Hall–Kier alpha value is -0.840. The fourth-order valence-corrected chi connectivity index (χ4v) is 2.23. The molecule has 68 valence electrons. The minimum absolute atomic E-state index is 0.423. The third-order valence-electron chi connectivity index (χ3n) is 1.79. The van der Waals surface area contributed by atoms with Crippen LogP contribution >= 0.6 is 22.9 Å². The van der Waals surface area contributed by atoms with Crippen LogP contribution in [0.4, 0.5) is 5.13 Å². The van der Waals surface area contributed by atoms with Gasteiger partial charge >= 0.3 is 0 Å². The summed E-state index contributed by atoms with van der Waals surface area (Å²) in [7, 11) is 0. The van der Waals surface area contributed by atoms with Gasteiger partial charge in [-0.25, -0.2) is 4.98 Å². The molecule has 5 heteroatoms. The molecule has 3 nitrogen and oxygen atoms in total.